The van der Waals surface area contributed by atoms with Crippen molar-refractivity contribution in [2.75, 3.05) is 17.2 Å². The monoisotopic (exact) mass is 275 g/mol. The van der Waals surface area contributed by atoms with E-state index in [2.05, 4.69) is 32.7 Å². The molecule has 2 rings (SSSR count). The Labute approximate surface area is 119 Å². The fourth-order valence-corrected chi connectivity index (χ4v) is 1.89. The summed E-state index contributed by atoms with van der Waals surface area (Å²) in [6.45, 7) is 9.39. The van der Waals surface area contributed by atoms with Gasteiger partial charge in [0.1, 0.15) is 17.5 Å². The van der Waals surface area contributed by atoms with Crippen LogP contribution < -0.4 is 10.6 Å². The quantitative estimate of drug-likeness (QED) is 0.844. The van der Waals surface area contributed by atoms with E-state index < -0.39 is 0 Å². The summed E-state index contributed by atoms with van der Waals surface area (Å²) in [6, 6.07) is 1.91. The highest BCUT2D eigenvalue weighted by Crippen LogP contribution is 2.20. The fraction of sp³-hybridized carbons (Fsp3) is 0.500. The first-order valence-corrected chi connectivity index (χ1v) is 6.85. The van der Waals surface area contributed by atoms with E-state index in [1.165, 1.54) is 0 Å². The van der Waals surface area contributed by atoms with Gasteiger partial charge in [-0.05, 0) is 27.2 Å². The Morgan fingerprint density at radius 3 is 2.40 bits per heavy atom. The van der Waals surface area contributed by atoms with Crippen LogP contribution in [0.15, 0.2) is 10.6 Å². The lowest BCUT2D eigenvalue weighted by Gasteiger charge is -2.13. The molecule has 6 nitrogen and oxygen atoms in total. The van der Waals surface area contributed by atoms with Gasteiger partial charge in [0.2, 0.25) is 0 Å². The van der Waals surface area contributed by atoms with E-state index in [9.17, 15) is 0 Å². The summed E-state index contributed by atoms with van der Waals surface area (Å²) in [7, 11) is 0. The Morgan fingerprint density at radius 2 is 1.80 bits per heavy atom. The minimum atomic E-state index is 0.561. The molecule has 0 atom stereocenters. The van der Waals surface area contributed by atoms with Crippen molar-refractivity contribution >= 4 is 11.6 Å². The molecule has 0 aliphatic carbocycles. The minimum Gasteiger partial charge on any atom is -0.370 e. The molecule has 0 saturated heterocycles. The van der Waals surface area contributed by atoms with Gasteiger partial charge in [-0.25, -0.2) is 9.97 Å². The number of anilines is 2. The third kappa shape index (κ3) is 3.46. The first-order valence-electron chi connectivity index (χ1n) is 6.85. The second-order valence-corrected chi connectivity index (χ2v) is 4.81. The number of aryl methyl sites for hydroxylation is 2. The molecule has 0 saturated carbocycles. The highest BCUT2D eigenvalue weighted by Gasteiger charge is 2.09. The molecule has 0 bridgehead atoms. The second kappa shape index (κ2) is 6.36. The number of hydrogen-bond acceptors (Lipinski definition) is 6. The van der Waals surface area contributed by atoms with E-state index in [1.54, 1.807) is 0 Å². The Balaban J connectivity index is 2.12. The molecule has 0 fully saturated rings. The third-order valence-corrected chi connectivity index (χ3v) is 2.91. The molecule has 6 heteroatoms. The van der Waals surface area contributed by atoms with E-state index in [0.717, 1.165) is 47.4 Å². The van der Waals surface area contributed by atoms with Gasteiger partial charge in [-0.1, -0.05) is 12.1 Å². The van der Waals surface area contributed by atoms with Crippen LogP contribution in [0.25, 0.3) is 0 Å². The maximum absolute atomic E-state index is 5.18. The van der Waals surface area contributed by atoms with Crippen molar-refractivity contribution in [3.8, 4) is 0 Å². The van der Waals surface area contributed by atoms with E-state index in [-0.39, 0.29) is 0 Å². The molecular weight excluding hydrogens is 254 g/mol. The molecule has 20 heavy (non-hydrogen) atoms. The van der Waals surface area contributed by atoms with Gasteiger partial charge in [-0.3, -0.25) is 0 Å². The molecule has 2 aromatic heterocycles. The molecule has 0 unspecified atom stereocenters. The van der Waals surface area contributed by atoms with Gasteiger partial charge < -0.3 is 15.2 Å². The van der Waals surface area contributed by atoms with Gasteiger partial charge >= 0.3 is 0 Å². The Morgan fingerprint density at radius 1 is 1.10 bits per heavy atom. The number of aromatic nitrogens is 3. The summed E-state index contributed by atoms with van der Waals surface area (Å²) in [5.41, 5.74) is 1.89. The fourth-order valence-electron chi connectivity index (χ4n) is 1.89. The lowest BCUT2D eigenvalue weighted by Crippen LogP contribution is -2.10. The van der Waals surface area contributed by atoms with Crippen molar-refractivity contribution in [1.29, 1.82) is 0 Å². The van der Waals surface area contributed by atoms with Crippen LogP contribution in [0.5, 0.6) is 0 Å². The van der Waals surface area contributed by atoms with Crippen LogP contribution in [-0.2, 0) is 6.54 Å². The normalized spacial score (nSPS) is 10.6. The first kappa shape index (κ1) is 14.3. The summed E-state index contributed by atoms with van der Waals surface area (Å²) in [6.07, 6.45) is 1.06. The van der Waals surface area contributed by atoms with Gasteiger partial charge in [0, 0.05) is 18.2 Å². The highest BCUT2D eigenvalue weighted by atomic mass is 16.5. The predicted molar refractivity (Wildman–Crippen MR) is 78.9 cm³/mol. The number of hydrogen-bond donors (Lipinski definition) is 2. The zero-order valence-electron chi connectivity index (χ0n) is 12.4. The summed E-state index contributed by atoms with van der Waals surface area (Å²) < 4.78 is 5.18. The van der Waals surface area contributed by atoms with Crippen molar-refractivity contribution in [3.05, 3.63) is 28.9 Å². The largest absolute Gasteiger partial charge is 0.370 e. The molecule has 0 radical (unpaired) electrons. The average Bonchev–Trinajstić information content (AvgIpc) is 2.83. The molecule has 0 aliphatic heterocycles. The topological polar surface area (TPSA) is 75.9 Å². The van der Waals surface area contributed by atoms with Crippen molar-refractivity contribution < 1.29 is 4.52 Å². The summed E-state index contributed by atoms with van der Waals surface area (Å²) in [4.78, 5) is 8.87. The Bertz CT molecular complexity index is 579. The van der Waals surface area contributed by atoms with Crippen molar-refractivity contribution in [3.63, 3.8) is 0 Å². The van der Waals surface area contributed by atoms with Crippen LogP contribution in [0.2, 0.25) is 0 Å². The van der Waals surface area contributed by atoms with Gasteiger partial charge in [0.25, 0.3) is 0 Å². The van der Waals surface area contributed by atoms with Gasteiger partial charge in [0.15, 0.2) is 5.76 Å². The number of nitrogens with one attached hydrogen (secondary N) is 2. The van der Waals surface area contributed by atoms with Crippen molar-refractivity contribution in [1.82, 2.24) is 15.1 Å². The summed E-state index contributed by atoms with van der Waals surface area (Å²) >= 11 is 0. The molecular formula is C14H21N5O. The zero-order valence-corrected chi connectivity index (χ0v) is 12.4. The van der Waals surface area contributed by atoms with Crippen LogP contribution in [0.3, 0.4) is 0 Å². The maximum Gasteiger partial charge on any atom is 0.156 e. The predicted octanol–water partition coefficient (Wildman–Crippen LogP) is 2.82. The molecule has 2 N–H and O–H groups in total. The van der Waals surface area contributed by atoms with E-state index in [4.69, 9.17) is 4.52 Å². The summed E-state index contributed by atoms with van der Waals surface area (Å²) in [5.74, 6) is 3.24. The van der Waals surface area contributed by atoms with Crippen LogP contribution in [0.4, 0.5) is 11.6 Å². The van der Waals surface area contributed by atoms with E-state index in [1.807, 2.05) is 26.8 Å². The molecule has 0 aliphatic rings. The SMILES string of the molecule is CCCNc1nc(C)nc(NCc2cc(C)no2)c1C. The molecule has 2 heterocycles. The number of nitrogens with zero attached hydrogens (tertiary/aromatic N) is 3. The molecule has 0 spiro atoms. The van der Waals surface area contributed by atoms with Crippen LogP contribution in [0, 0.1) is 20.8 Å². The van der Waals surface area contributed by atoms with Crippen LogP contribution >= 0.6 is 0 Å². The van der Waals surface area contributed by atoms with Gasteiger partial charge in [0.05, 0.1) is 12.2 Å². The lowest BCUT2D eigenvalue weighted by atomic mass is 10.3. The van der Waals surface area contributed by atoms with E-state index in [0.29, 0.717) is 6.54 Å². The summed E-state index contributed by atoms with van der Waals surface area (Å²) in [5, 5.41) is 10.5. The number of rotatable bonds is 6. The van der Waals surface area contributed by atoms with Gasteiger partial charge in [-0.2, -0.15) is 0 Å². The Hall–Kier alpha value is -2.11. The maximum atomic E-state index is 5.18. The minimum absolute atomic E-state index is 0.561. The highest BCUT2D eigenvalue weighted by molar-refractivity contribution is 5.57. The van der Waals surface area contributed by atoms with Crippen LogP contribution in [-0.4, -0.2) is 21.7 Å². The molecule has 108 valence electrons. The first-order chi connectivity index (χ1) is 9.60. The zero-order chi connectivity index (χ0) is 14.5. The third-order valence-electron chi connectivity index (χ3n) is 2.91. The molecule has 2 aromatic rings. The molecule has 0 aromatic carbocycles. The average molecular weight is 275 g/mol. The standard InChI is InChI=1S/C14H21N5O/c1-5-6-15-13-10(3)14(18-11(4)17-13)16-8-12-7-9(2)19-20-12/h7H,5-6,8H2,1-4H3,(H2,15,16,17,18). The van der Waals surface area contributed by atoms with E-state index >= 15 is 0 Å². The smallest absolute Gasteiger partial charge is 0.156 e. The van der Waals surface area contributed by atoms with Crippen LogP contribution in [0.1, 0.15) is 36.2 Å². The second-order valence-electron chi connectivity index (χ2n) is 4.81. The van der Waals surface area contributed by atoms with Gasteiger partial charge in [-0.15, -0.1) is 0 Å². The lowest BCUT2D eigenvalue weighted by molar-refractivity contribution is 0.384. The van der Waals surface area contributed by atoms with Crippen molar-refractivity contribution in [2.24, 2.45) is 0 Å². The molecule has 0 amide bonds. The van der Waals surface area contributed by atoms with Crippen molar-refractivity contribution in [2.45, 2.75) is 40.7 Å². The Kier molecular flexibility index (Phi) is 4.55.